The molecule has 6 heteroatoms. The molecule has 0 fully saturated rings. The molecule has 5 nitrogen and oxygen atoms in total. The van der Waals surface area contributed by atoms with Crippen molar-refractivity contribution in [2.75, 3.05) is 13.2 Å². The summed E-state index contributed by atoms with van der Waals surface area (Å²) < 4.78 is 39.8. The second-order valence-electron chi connectivity index (χ2n) is 6.67. The predicted octanol–water partition coefficient (Wildman–Crippen LogP) is 4.15. The number of rotatable bonds is 3. The maximum absolute atomic E-state index is 12.5. The molecule has 0 spiro atoms. The van der Waals surface area contributed by atoms with Crippen LogP contribution in [-0.4, -0.2) is 21.6 Å². The van der Waals surface area contributed by atoms with Crippen LogP contribution in [0, 0.1) is 0 Å². The molecule has 3 rings (SSSR count). The number of hydrogen-bond acceptors (Lipinski definition) is 4. The third kappa shape index (κ3) is 3.48. The summed E-state index contributed by atoms with van der Waals surface area (Å²) in [4.78, 5) is 0.172. The summed E-state index contributed by atoms with van der Waals surface area (Å²) in [6, 6.07) is 11.7. The van der Waals surface area contributed by atoms with Crippen LogP contribution in [0.4, 0.5) is 5.69 Å². The van der Waals surface area contributed by atoms with Gasteiger partial charge in [-0.05, 0) is 35.2 Å². The molecule has 24 heavy (non-hydrogen) atoms. The van der Waals surface area contributed by atoms with Crippen molar-refractivity contribution in [3.63, 3.8) is 0 Å². The van der Waals surface area contributed by atoms with Crippen LogP contribution in [0.15, 0.2) is 47.4 Å². The average Bonchev–Trinajstić information content (AvgIpc) is 2.54. The van der Waals surface area contributed by atoms with Crippen LogP contribution >= 0.6 is 0 Å². The highest BCUT2D eigenvalue weighted by Gasteiger charge is 2.15. The Kier molecular flexibility index (Phi) is 4.17. The molecular weight excluding hydrogens is 326 g/mol. The van der Waals surface area contributed by atoms with E-state index in [2.05, 4.69) is 25.5 Å². The maximum Gasteiger partial charge on any atom is 0.161 e. The van der Waals surface area contributed by atoms with E-state index in [9.17, 15) is 8.42 Å². The summed E-state index contributed by atoms with van der Waals surface area (Å²) in [5.74, 6) is 1.12. The lowest BCUT2D eigenvalue weighted by Gasteiger charge is -2.26. The van der Waals surface area contributed by atoms with Gasteiger partial charge < -0.3 is 14.2 Å². The second kappa shape index (κ2) is 6.02. The van der Waals surface area contributed by atoms with E-state index in [1.807, 2.05) is 12.1 Å². The van der Waals surface area contributed by atoms with Crippen molar-refractivity contribution in [3.8, 4) is 11.5 Å². The van der Waals surface area contributed by atoms with Crippen LogP contribution in [-0.2, 0) is 15.4 Å². The fraction of sp³-hybridized carbons (Fsp3) is 0.333. The monoisotopic (exact) mass is 346 g/mol. The van der Waals surface area contributed by atoms with Gasteiger partial charge in [-0.3, -0.25) is 0 Å². The molecule has 1 aliphatic heterocycles. The Morgan fingerprint density at radius 1 is 0.917 bits per heavy atom. The van der Waals surface area contributed by atoms with Crippen molar-refractivity contribution in [1.29, 1.82) is 0 Å². The number of hydrogen-bond donors (Lipinski definition) is 0. The van der Waals surface area contributed by atoms with Gasteiger partial charge in [0, 0.05) is 0 Å². The molecule has 0 amide bonds. The van der Waals surface area contributed by atoms with Crippen LogP contribution in [0.25, 0.3) is 4.72 Å². The second-order valence-corrected chi connectivity index (χ2v) is 8.27. The Balaban J connectivity index is 1.83. The Hall–Kier alpha value is -2.21. The largest absolute Gasteiger partial charge is 0.573 e. The Bertz CT molecular complexity index is 836. The fourth-order valence-electron chi connectivity index (χ4n) is 2.41. The van der Waals surface area contributed by atoms with Gasteiger partial charge in [-0.1, -0.05) is 39.0 Å². The van der Waals surface area contributed by atoms with E-state index in [1.165, 1.54) is 0 Å². The van der Waals surface area contributed by atoms with Gasteiger partial charge >= 0.3 is 0 Å². The molecule has 0 aromatic heterocycles. The molecule has 0 saturated heterocycles. The van der Waals surface area contributed by atoms with Gasteiger partial charge in [0.1, 0.15) is 23.2 Å². The van der Waals surface area contributed by atoms with Crippen molar-refractivity contribution in [1.82, 2.24) is 0 Å². The first-order chi connectivity index (χ1) is 11.3. The zero-order valence-corrected chi connectivity index (χ0v) is 14.8. The number of sulfonamides is 1. The molecule has 0 saturated carbocycles. The topological polar surface area (TPSA) is 66.7 Å². The number of benzene rings is 2. The third-order valence-electron chi connectivity index (χ3n) is 3.77. The highest BCUT2D eigenvalue weighted by Crippen LogP contribution is 2.37. The van der Waals surface area contributed by atoms with Crippen molar-refractivity contribution < 1.29 is 17.9 Å². The third-order valence-corrected chi connectivity index (χ3v) is 5.09. The predicted molar refractivity (Wildman–Crippen MR) is 92.8 cm³/mol. The zero-order chi connectivity index (χ0) is 17.4. The summed E-state index contributed by atoms with van der Waals surface area (Å²) in [5, 5.41) is 0. The molecule has 0 radical (unpaired) electrons. The molecule has 0 aliphatic carbocycles. The van der Waals surface area contributed by atoms with E-state index in [-0.39, 0.29) is 10.3 Å². The van der Waals surface area contributed by atoms with Gasteiger partial charge in [0.15, 0.2) is 11.5 Å². The van der Waals surface area contributed by atoms with Crippen molar-refractivity contribution in [2.24, 2.45) is 0 Å². The first-order valence-electron chi connectivity index (χ1n) is 7.74. The maximum atomic E-state index is 12.5. The quantitative estimate of drug-likeness (QED) is 0.837. The van der Waals surface area contributed by atoms with Gasteiger partial charge in [-0.25, -0.2) is 8.42 Å². The van der Waals surface area contributed by atoms with E-state index in [0.29, 0.717) is 30.4 Å². The van der Waals surface area contributed by atoms with E-state index in [1.54, 1.807) is 30.3 Å². The molecule has 0 bridgehead atoms. The Morgan fingerprint density at radius 3 is 2.17 bits per heavy atom. The van der Waals surface area contributed by atoms with Crippen LogP contribution < -0.4 is 9.47 Å². The minimum absolute atomic E-state index is 0.0325. The van der Waals surface area contributed by atoms with Crippen molar-refractivity contribution in [3.05, 3.63) is 52.8 Å². The molecule has 2 aromatic carbocycles. The van der Waals surface area contributed by atoms with Gasteiger partial charge in [0.25, 0.3) is 0 Å². The summed E-state index contributed by atoms with van der Waals surface area (Å²) in [7, 11) is -3.77. The highest BCUT2D eigenvalue weighted by atomic mass is 32.2. The smallest absolute Gasteiger partial charge is 0.161 e. The minimum atomic E-state index is -3.77. The molecule has 128 valence electrons. The standard InChI is InChI=1S/C18H20NO4S/c1-18(2,3)13-4-7-15(8-5-13)24(20,21)19-14-6-9-16-17(12-14)23-11-10-22-16/h4-9,12H,10-11H2,1-3H3/q-1. The van der Waals surface area contributed by atoms with E-state index >= 15 is 0 Å². The Morgan fingerprint density at radius 2 is 1.54 bits per heavy atom. The fourth-order valence-corrected chi connectivity index (χ4v) is 3.38. The number of fused-ring (bicyclic) bond motifs is 1. The van der Waals surface area contributed by atoms with Crippen LogP contribution in [0.5, 0.6) is 11.5 Å². The van der Waals surface area contributed by atoms with Gasteiger partial charge in [-0.15, -0.1) is 5.69 Å². The van der Waals surface area contributed by atoms with Crippen LogP contribution in [0.3, 0.4) is 0 Å². The molecule has 0 atom stereocenters. The van der Waals surface area contributed by atoms with Gasteiger partial charge in [0.05, 0.1) is 4.90 Å². The lowest BCUT2D eigenvalue weighted by Crippen LogP contribution is -2.15. The molecule has 1 heterocycles. The van der Waals surface area contributed by atoms with E-state index in [0.717, 1.165) is 5.56 Å². The lowest BCUT2D eigenvalue weighted by molar-refractivity contribution is 0.171. The summed E-state index contributed by atoms with van der Waals surface area (Å²) in [6.07, 6.45) is 0. The first kappa shape index (κ1) is 16.6. The first-order valence-corrected chi connectivity index (χ1v) is 9.18. The number of nitrogens with zero attached hydrogens (tertiary/aromatic N) is 1. The van der Waals surface area contributed by atoms with E-state index < -0.39 is 10.0 Å². The van der Waals surface area contributed by atoms with Gasteiger partial charge in [0.2, 0.25) is 0 Å². The lowest BCUT2D eigenvalue weighted by atomic mass is 9.87. The summed E-state index contributed by atoms with van der Waals surface area (Å²) >= 11 is 0. The van der Waals surface area contributed by atoms with Crippen molar-refractivity contribution >= 4 is 15.7 Å². The molecule has 0 N–H and O–H groups in total. The molecular formula is C18H20NO4S-. The molecule has 0 unspecified atom stereocenters. The summed E-state index contributed by atoms with van der Waals surface area (Å²) in [6.45, 7) is 7.17. The average molecular weight is 346 g/mol. The number of ether oxygens (including phenoxy) is 2. The summed E-state index contributed by atoms with van der Waals surface area (Å²) in [5.41, 5.74) is 1.36. The van der Waals surface area contributed by atoms with Crippen LogP contribution in [0.2, 0.25) is 0 Å². The van der Waals surface area contributed by atoms with E-state index in [4.69, 9.17) is 9.47 Å². The molecule has 2 aromatic rings. The zero-order valence-electron chi connectivity index (χ0n) is 13.9. The van der Waals surface area contributed by atoms with Crippen LogP contribution in [0.1, 0.15) is 26.3 Å². The van der Waals surface area contributed by atoms with Crippen molar-refractivity contribution in [2.45, 2.75) is 31.1 Å². The Labute approximate surface area is 142 Å². The minimum Gasteiger partial charge on any atom is -0.573 e. The van der Waals surface area contributed by atoms with Gasteiger partial charge in [-0.2, -0.15) is 0 Å². The SMILES string of the molecule is CC(C)(C)c1ccc(S(=O)(=O)[N-]c2ccc3c(c2)OCCO3)cc1. The highest BCUT2D eigenvalue weighted by molar-refractivity contribution is 7.94. The normalized spacial score (nSPS) is 14.3. The molecule has 1 aliphatic rings.